The molecule has 8 heteroatoms. The highest BCUT2D eigenvalue weighted by Gasteiger charge is 2.05. The number of guanidine groups is 1. The molecule has 0 aromatic carbocycles. The Hall–Kier alpha value is -1.16. The monoisotopic (exact) mass is 462 g/mol. The predicted molar refractivity (Wildman–Crippen MR) is 111 cm³/mol. The van der Waals surface area contributed by atoms with Gasteiger partial charge in [0.15, 0.2) is 5.96 Å². The van der Waals surface area contributed by atoms with Crippen molar-refractivity contribution >= 4 is 41.3 Å². The van der Waals surface area contributed by atoms with Gasteiger partial charge in [0.05, 0.1) is 23.4 Å². The third kappa shape index (κ3) is 6.76. The van der Waals surface area contributed by atoms with E-state index in [4.69, 9.17) is 0 Å². The fourth-order valence-corrected chi connectivity index (χ4v) is 3.17. The number of nitrogens with zero attached hydrogens (tertiary/aromatic N) is 4. The van der Waals surface area contributed by atoms with Gasteiger partial charge in [-0.1, -0.05) is 0 Å². The van der Waals surface area contributed by atoms with E-state index in [-0.39, 0.29) is 24.0 Å². The van der Waals surface area contributed by atoms with Gasteiger partial charge in [0.25, 0.3) is 0 Å². The number of rotatable bonds is 7. The van der Waals surface area contributed by atoms with Gasteiger partial charge in [-0.3, -0.25) is 4.68 Å². The van der Waals surface area contributed by atoms with Gasteiger partial charge in [0.1, 0.15) is 0 Å². The number of aliphatic imine (C=N–C) groups is 1. The first-order valence-electron chi connectivity index (χ1n) is 8.01. The number of hydrogen-bond acceptors (Lipinski definition) is 4. The van der Waals surface area contributed by atoms with Crippen molar-refractivity contribution < 1.29 is 0 Å². The summed E-state index contributed by atoms with van der Waals surface area (Å²) in [5.74, 6) is 0.865. The van der Waals surface area contributed by atoms with Gasteiger partial charge in [-0.2, -0.15) is 5.10 Å². The highest BCUT2D eigenvalue weighted by atomic mass is 127. The lowest BCUT2D eigenvalue weighted by atomic mass is 10.2. The summed E-state index contributed by atoms with van der Waals surface area (Å²) < 4.78 is 1.84. The van der Waals surface area contributed by atoms with E-state index in [2.05, 4.69) is 38.8 Å². The number of hydrogen-bond donors (Lipinski definition) is 2. The molecular formula is C16H27IN6S. The van der Waals surface area contributed by atoms with Crippen molar-refractivity contribution in [1.29, 1.82) is 0 Å². The van der Waals surface area contributed by atoms with Crippen LogP contribution in [0.4, 0.5) is 0 Å². The summed E-state index contributed by atoms with van der Waals surface area (Å²) in [6.07, 6.45) is 6.06. The fraction of sp³-hybridized carbons (Fsp3) is 0.562. The van der Waals surface area contributed by atoms with E-state index in [1.807, 2.05) is 31.8 Å². The molecule has 2 N–H and O–H groups in total. The number of aromatic nitrogens is 3. The maximum absolute atomic E-state index is 4.65. The number of nitrogens with one attached hydrogen (secondary N) is 2. The van der Waals surface area contributed by atoms with Crippen molar-refractivity contribution in [3.63, 3.8) is 0 Å². The van der Waals surface area contributed by atoms with Crippen LogP contribution in [0.5, 0.6) is 0 Å². The van der Waals surface area contributed by atoms with Crippen molar-refractivity contribution in [1.82, 2.24) is 25.4 Å². The summed E-state index contributed by atoms with van der Waals surface area (Å²) in [4.78, 5) is 10.3. The molecule has 0 saturated carbocycles. The molecule has 0 saturated heterocycles. The van der Waals surface area contributed by atoms with Gasteiger partial charge >= 0.3 is 0 Å². The van der Waals surface area contributed by atoms with Crippen molar-refractivity contribution in [2.75, 3.05) is 13.1 Å². The van der Waals surface area contributed by atoms with Crippen LogP contribution in [-0.4, -0.2) is 33.8 Å². The summed E-state index contributed by atoms with van der Waals surface area (Å²) in [5, 5.41) is 12.0. The van der Waals surface area contributed by atoms with Crippen LogP contribution in [0.25, 0.3) is 0 Å². The van der Waals surface area contributed by atoms with E-state index < -0.39 is 0 Å². The van der Waals surface area contributed by atoms with Gasteiger partial charge in [-0.25, -0.2) is 9.98 Å². The summed E-state index contributed by atoms with van der Waals surface area (Å²) in [6.45, 7) is 8.58. The van der Waals surface area contributed by atoms with Crippen LogP contribution in [0.2, 0.25) is 0 Å². The van der Waals surface area contributed by atoms with E-state index in [0.29, 0.717) is 6.54 Å². The molecule has 0 spiro atoms. The summed E-state index contributed by atoms with van der Waals surface area (Å²) >= 11 is 1.72. The van der Waals surface area contributed by atoms with Gasteiger partial charge in [0, 0.05) is 31.2 Å². The van der Waals surface area contributed by atoms with Crippen LogP contribution in [0.3, 0.4) is 0 Å². The van der Waals surface area contributed by atoms with E-state index >= 15 is 0 Å². The van der Waals surface area contributed by atoms with Crippen LogP contribution >= 0.6 is 35.3 Å². The molecule has 134 valence electrons. The fourth-order valence-electron chi connectivity index (χ4n) is 2.31. The molecule has 0 atom stereocenters. The molecule has 2 rings (SSSR count). The minimum absolute atomic E-state index is 0. The molecule has 0 bridgehead atoms. The first-order valence-corrected chi connectivity index (χ1v) is 8.82. The lowest BCUT2D eigenvalue weighted by Crippen LogP contribution is -2.37. The Bertz CT molecular complexity index is 649. The third-order valence-corrected chi connectivity index (χ3v) is 4.48. The normalized spacial score (nSPS) is 11.2. The van der Waals surface area contributed by atoms with Crippen LogP contribution in [0.1, 0.15) is 34.5 Å². The number of aryl methyl sites for hydroxylation is 4. The SMILES string of the molecule is CCNC(=NCc1sc(C)nc1C)NCCCc1cnn(C)c1.I. The zero-order valence-electron chi connectivity index (χ0n) is 14.8. The Labute approximate surface area is 165 Å². The average Bonchev–Trinajstić information content (AvgIpc) is 3.06. The Morgan fingerprint density at radius 3 is 2.71 bits per heavy atom. The topological polar surface area (TPSA) is 67.1 Å². The standard InChI is InChI=1S/C16H26N6S.HI/c1-5-17-16(19-10-15-12(2)21-13(3)23-15)18-8-6-7-14-9-20-22(4)11-14;/h9,11H,5-8,10H2,1-4H3,(H2,17,18,19);1H. The summed E-state index contributed by atoms with van der Waals surface area (Å²) in [7, 11) is 1.95. The van der Waals surface area contributed by atoms with E-state index in [0.717, 1.165) is 42.6 Å². The average molecular weight is 462 g/mol. The third-order valence-electron chi connectivity index (χ3n) is 3.42. The second-order valence-electron chi connectivity index (χ2n) is 5.49. The Morgan fingerprint density at radius 1 is 1.33 bits per heavy atom. The van der Waals surface area contributed by atoms with Crippen molar-refractivity contribution in [2.24, 2.45) is 12.0 Å². The molecular weight excluding hydrogens is 435 g/mol. The molecule has 0 radical (unpaired) electrons. The second kappa shape index (κ2) is 10.7. The smallest absolute Gasteiger partial charge is 0.191 e. The molecule has 2 heterocycles. The number of halogens is 1. The molecule has 6 nitrogen and oxygen atoms in total. The Morgan fingerprint density at radius 2 is 2.12 bits per heavy atom. The first-order chi connectivity index (χ1) is 11.1. The zero-order valence-corrected chi connectivity index (χ0v) is 17.9. The van der Waals surface area contributed by atoms with Crippen LogP contribution in [0.15, 0.2) is 17.4 Å². The van der Waals surface area contributed by atoms with E-state index in [1.165, 1.54) is 10.4 Å². The zero-order chi connectivity index (χ0) is 16.7. The molecule has 0 fully saturated rings. The molecule has 0 aliphatic heterocycles. The molecule has 0 aliphatic carbocycles. The maximum atomic E-state index is 4.65. The van der Waals surface area contributed by atoms with E-state index in [1.54, 1.807) is 11.3 Å². The predicted octanol–water partition coefficient (Wildman–Crippen LogP) is 2.80. The quantitative estimate of drug-likeness (QED) is 0.288. The van der Waals surface area contributed by atoms with Crippen LogP contribution in [-0.2, 0) is 20.0 Å². The van der Waals surface area contributed by atoms with Crippen LogP contribution in [0, 0.1) is 13.8 Å². The molecule has 2 aromatic rings. The molecule has 0 aliphatic rings. The summed E-state index contributed by atoms with van der Waals surface area (Å²) in [6, 6.07) is 0. The maximum Gasteiger partial charge on any atom is 0.191 e. The largest absolute Gasteiger partial charge is 0.357 e. The highest BCUT2D eigenvalue weighted by molar-refractivity contribution is 14.0. The lowest BCUT2D eigenvalue weighted by molar-refractivity contribution is 0.741. The molecule has 0 unspecified atom stereocenters. The molecule has 2 aromatic heterocycles. The Balaban J connectivity index is 0.00000288. The minimum Gasteiger partial charge on any atom is -0.357 e. The van der Waals surface area contributed by atoms with Gasteiger partial charge < -0.3 is 10.6 Å². The number of thiazole rings is 1. The Kier molecular flexibility index (Phi) is 9.27. The van der Waals surface area contributed by atoms with Gasteiger partial charge in [-0.05, 0) is 39.2 Å². The molecule has 24 heavy (non-hydrogen) atoms. The van der Waals surface area contributed by atoms with Crippen molar-refractivity contribution in [3.8, 4) is 0 Å². The highest BCUT2D eigenvalue weighted by Crippen LogP contribution is 2.17. The van der Waals surface area contributed by atoms with E-state index in [9.17, 15) is 0 Å². The molecule has 0 amide bonds. The van der Waals surface area contributed by atoms with Crippen molar-refractivity contribution in [3.05, 3.63) is 33.5 Å². The van der Waals surface area contributed by atoms with Gasteiger partial charge in [-0.15, -0.1) is 35.3 Å². The minimum atomic E-state index is 0. The summed E-state index contributed by atoms with van der Waals surface area (Å²) in [5.41, 5.74) is 2.36. The lowest BCUT2D eigenvalue weighted by Gasteiger charge is -2.10. The van der Waals surface area contributed by atoms with Crippen molar-refractivity contribution in [2.45, 2.75) is 40.2 Å². The van der Waals surface area contributed by atoms with Crippen LogP contribution < -0.4 is 10.6 Å². The first kappa shape index (κ1) is 20.9. The second-order valence-corrected chi connectivity index (χ2v) is 6.78. The van der Waals surface area contributed by atoms with Gasteiger partial charge in [0.2, 0.25) is 0 Å².